The Morgan fingerprint density at radius 1 is 1.19 bits per heavy atom. The van der Waals surface area contributed by atoms with Crippen LogP contribution in [0.15, 0.2) is 35.0 Å². The monoisotopic (exact) mass is 375 g/mol. The third-order valence-electron chi connectivity index (χ3n) is 4.50. The van der Waals surface area contributed by atoms with Crippen LogP contribution in [0, 0.1) is 0 Å². The second-order valence-electron chi connectivity index (χ2n) is 6.12. The van der Waals surface area contributed by atoms with E-state index < -0.39 is 0 Å². The zero-order valence-electron chi connectivity index (χ0n) is 14.3. The van der Waals surface area contributed by atoms with Crippen molar-refractivity contribution in [1.29, 1.82) is 0 Å². The van der Waals surface area contributed by atoms with Gasteiger partial charge in [0.25, 0.3) is 0 Å². The molecule has 2 aliphatic rings. The number of ether oxygens (including phenoxy) is 3. The third-order valence-corrected chi connectivity index (χ3v) is 5.20. The van der Waals surface area contributed by atoms with E-state index >= 15 is 0 Å². The van der Waals surface area contributed by atoms with Gasteiger partial charge in [-0.15, -0.1) is 0 Å². The van der Waals surface area contributed by atoms with Crippen LogP contribution in [0.3, 0.4) is 0 Å². The third kappa shape index (κ3) is 3.92. The zero-order chi connectivity index (χ0) is 17.8. The molecule has 2 N–H and O–H groups in total. The van der Waals surface area contributed by atoms with Crippen molar-refractivity contribution in [3.8, 4) is 11.5 Å². The number of thiophene rings is 1. The summed E-state index contributed by atoms with van der Waals surface area (Å²) in [5.74, 6) is 1.34. The van der Waals surface area contributed by atoms with E-state index in [0.717, 1.165) is 26.3 Å². The summed E-state index contributed by atoms with van der Waals surface area (Å²) in [5, 5.41) is 10.0. The summed E-state index contributed by atoms with van der Waals surface area (Å²) in [6, 6.07) is 7.37. The van der Waals surface area contributed by atoms with Gasteiger partial charge in [0.2, 0.25) is 6.79 Å². The first kappa shape index (κ1) is 17.1. The molecule has 3 heterocycles. The molecule has 138 valence electrons. The van der Waals surface area contributed by atoms with Gasteiger partial charge in [0.15, 0.2) is 11.5 Å². The smallest absolute Gasteiger partial charge is 0.319 e. The molecule has 0 spiro atoms. The molecule has 26 heavy (non-hydrogen) atoms. The van der Waals surface area contributed by atoms with E-state index in [4.69, 9.17) is 14.2 Å². The fourth-order valence-corrected chi connectivity index (χ4v) is 3.86. The van der Waals surface area contributed by atoms with Crippen molar-refractivity contribution in [1.82, 2.24) is 10.2 Å². The number of urea groups is 1. The Hall–Kier alpha value is -2.29. The van der Waals surface area contributed by atoms with Gasteiger partial charge in [-0.2, -0.15) is 11.3 Å². The Balaban J connectivity index is 1.36. The number of carbonyl (C=O) groups excluding carboxylic acids is 1. The molecule has 1 atom stereocenters. The van der Waals surface area contributed by atoms with Crippen molar-refractivity contribution in [2.45, 2.75) is 6.04 Å². The first-order valence-electron chi connectivity index (χ1n) is 8.58. The lowest BCUT2D eigenvalue weighted by Gasteiger charge is -2.34. The van der Waals surface area contributed by atoms with Gasteiger partial charge < -0.3 is 24.8 Å². The molecule has 1 saturated heterocycles. The first-order chi connectivity index (χ1) is 12.8. The Labute approximate surface area is 155 Å². The number of fused-ring (bicyclic) bond motifs is 1. The number of carbonyl (C=O) groups is 1. The van der Waals surface area contributed by atoms with Crippen LogP contribution in [0.5, 0.6) is 11.5 Å². The van der Waals surface area contributed by atoms with E-state index in [9.17, 15) is 4.79 Å². The fraction of sp³-hybridized carbons (Fsp3) is 0.389. The highest BCUT2D eigenvalue weighted by Crippen LogP contribution is 2.34. The molecule has 7 nitrogen and oxygen atoms in total. The molecule has 4 rings (SSSR count). The minimum absolute atomic E-state index is 0.146. The number of morpholine rings is 1. The lowest BCUT2D eigenvalue weighted by Crippen LogP contribution is -2.44. The molecule has 0 saturated carbocycles. The van der Waals surface area contributed by atoms with Gasteiger partial charge in [-0.25, -0.2) is 4.79 Å². The van der Waals surface area contributed by atoms with Crippen LogP contribution >= 0.6 is 11.3 Å². The molecule has 0 aliphatic carbocycles. The second kappa shape index (κ2) is 7.94. The fourth-order valence-electron chi connectivity index (χ4n) is 3.15. The quantitative estimate of drug-likeness (QED) is 0.841. The Morgan fingerprint density at radius 2 is 2.04 bits per heavy atom. The van der Waals surface area contributed by atoms with Gasteiger partial charge in [0, 0.05) is 31.4 Å². The number of nitrogens with one attached hydrogen (secondary N) is 2. The Morgan fingerprint density at radius 3 is 2.85 bits per heavy atom. The maximum atomic E-state index is 12.3. The standard InChI is InChI=1S/C18H21N3O4S/c22-18(20-14-1-2-16-17(9-14)25-12-24-16)19-10-15(13-3-8-26-11-13)21-4-6-23-7-5-21/h1-3,8-9,11,15H,4-7,10,12H2,(H2,19,20,22)/t15-/m1/s1. The summed E-state index contributed by atoms with van der Waals surface area (Å²) in [5.41, 5.74) is 1.89. The van der Waals surface area contributed by atoms with Gasteiger partial charge in [-0.05, 0) is 34.5 Å². The molecule has 0 bridgehead atoms. The number of amides is 2. The Bertz CT molecular complexity index is 747. The second-order valence-corrected chi connectivity index (χ2v) is 6.90. The lowest BCUT2D eigenvalue weighted by atomic mass is 10.1. The van der Waals surface area contributed by atoms with Crippen molar-refractivity contribution < 1.29 is 19.0 Å². The van der Waals surface area contributed by atoms with Gasteiger partial charge in [-0.1, -0.05) is 0 Å². The van der Waals surface area contributed by atoms with Crippen LogP contribution in [-0.4, -0.2) is 50.6 Å². The predicted molar refractivity (Wildman–Crippen MR) is 99.0 cm³/mol. The summed E-state index contributed by atoms with van der Waals surface area (Å²) in [4.78, 5) is 14.7. The molecular formula is C18H21N3O4S. The molecule has 2 aliphatic heterocycles. The summed E-state index contributed by atoms with van der Waals surface area (Å²) in [6.07, 6.45) is 0. The van der Waals surface area contributed by atoms with Gasteiger partial charge >= 0.3 is 6.03 Å². The molecule has 1 aromatic heterocycles. The zero-order valence-corrected chi connectivity index (χ0v) is 15.1. The van der Waals surface area contributed by atoms with E-state index in [2.05, 4.69) is 32.4 Å². The number of anilines is 1. The van der Waals surface area contributed by atoms with Crippen LogP contribution in [-0.2, 0) is 4.74 Å². The lowest BCUT2D eigenvalue weighted by molar-refractivity contribution is 0.0168. The molecule has 1 fully saturated rings. The number of hydrogen-bond donors (Lipinski definition) is 2. The van der Waals surface area contributed by atoms with Crippen LogP contribution in [0.4, 0.5) is 10.5 Å². The van der Waals surface area contributed by atoms with Crippen molar-refractivity contribution in [2.24, 2.45) is 0 Å². The van der Waals surface area contributed by atoms with Crippen LogP contribution in [0.25, 0.3) is 0 Å². The van der Waals surface area contributed by atoms with Crippen molar-refractivity contribution in [2.75, 3.05) is 45.0 Å². The van der Waals surface area contributed by atoms with Crippen LogP contribution < -0.4 is 20.1 Å². The highest BCUT2D eigenvalue weighted by atomic mass is 32.1. The number of nitrogens with zero attached hydrogens (tertiary/aromatic N) is 1. The van der Waals surface area contributed by atoms with E-state index in [1.54, 1.807) is 29.5 Å². The van der Waals surface area contributed by atoms with E-state index in [1.807, 2.05) is 0 Å². The maximum absolute atomic E-state index is 12.3. The van der Waals surface area contributed by atoms with Gasteiger partial charge in [0.05, 0.1) is 19.3 Å². The highest BCUT2D eigenvalue weighted by Gasteiger charge is 2.23. The van der Waals surface area contributed by atoms with E-state index in [-0.39, 0.29) is 18.9 Å². The van der Waals surface area contributed by atoms with E-state index in [0.29, 0.717) is 23.7 Å². The topological polar surface area (TPSA) is 72.1 Å². The maximum Gasteiger partial charge on any atom is 0.319 e. The van der Waals surface area contributed by atoms with Crippen LogP contribution in [0.2, 0.25) is 0 Å². The normalized spacial score (nSPS) is 17.7. The summed E-state index contributed by atoms with van der Waals surface area (Å²) < 4.78 is 16.1. The molecule has 8 heteroatoms. The van der Waals surface area contributed by atoms with Crippen LogP contribution in [0.1, 0.15) is 11.6 Å². The average Bonchev–Trinajstić information content (AvgIpc) is 3.34. The molecule has 1 aromatic carbocycles. The number of rotatable bonds is 5. The molecule has 0 unspecified atom stereocenters. The SMILES string of the molecule is O=C(NC[C@H](c1ccsc1)N1CCOCC1)Nc1ccc2c(c1)OCO2. The minimum atomic E-state index is -0.239. The number of benzene rings is 1. The average molecular weight is 375 g/mol. The molecular weight excluding hydrogens is 354 g/mol. The molecule has 2 amide bonds. The minimum Gasteiger partial charge on any atom is -0.454 e. The largest absolute Gasteiger partial charge is 0.454 e. The highest BCUT2D eigenvalue weighted by molar-refractivity contribution is 7.07. The van der Waals surface area contributed by atoms with Gasteiger partial charge in [-0.3, -0.25) is 4.90 Å². The van der Waals surface area contributed by atoms with Crippen molar-refractivity contribution in [3.05, 3.63) is 40.6 Å². The van der Waals surface area contributed by atoms with Crippen molar-refractivity contribution >= 4 is 23.1 Å². The van der Waals surface area contributed by atoms with Crippen molar-refractivity contribution in [3.63, 3.8) is 0 Å². The van der Waals surface area contributed by atoms with Gasteiger partial charge in [0.1, 0.15) is 0 Å². The summed E-state index contributed by atoms with van der Waals surface area (Å²) in [7, 11) is 0. The molecule has 2 aromatic rings. The first-order valence-corrected chi connectivity index (χ1v) is 9.52. The predicted octanol–water partition coefficient (Wildman–Crippen LogP) is 2.67. The summed E-state index contributed by atoms with van der Waals surface area (Å²) in [6.45, 7) is 3.94. The molecule has 0 radical (unpaired) electrons. The van der Waals surface area contributed by atoms with E-state index in [1.165, 1.54) is 5.56 Å². The number of hydrogen-bond acceptors (Lipinski definition) is 6. The summed E-state index contributed by atoms with van der Waals surface area (Å²) >= 11 is 1.67. The Kier molecular flexibility index (Phi) is 5.24.